The second kappa shape index (κ2) is 3.47. The van der Waals surface area contributed by atoms with E-state index < -0.39 is 0 Å². The van der Waals surface area contributed by atoms with E-state index in [0.29, 0.717) is 24.2 Å². The fourth-order valence-electron chi connectivity index (χ4n) is 3.65. The lowest BCUT2D eigenvalue weighted by Gasteiger charge is -2.60. The molecule has 4 atom stereocenters. The van der Waals surface area contributed by atoms with Crippen molar-refractivity contribution in [3.05, 3.63) is 0 Å². The van der Waals surface area contributed by atoms with E-state index in [9.17, 15) is 4.79 Å². The van der Waals surface area contributed by atoms with Crippen molar-refractivity contribution >= 4 is 13.5 Å². The molecule has 0 spiro atoms. The van der Waals surface area contributed by atoms with Crippen LogP contribution in [0.15, 0.2) is 0 Å². The van der Waals surface area contributed by atoms with Crippen molar-refractivity contribution in [1.29, 1.82) is 0 Å². The zero-order valence-corrected chi connectivity index (χ0v) is 9.81. The Morgan fingerprint density at radius 2 is 2.25 bits per heavy atom. The predicted octanol–water partition coefficient (Wildman–Crippen LogP) is 0.610. The first-order valence-corrected chi connectivity index (χ1v) is 6.11. The van der Waals surface area contributed by atoms with Crippen molar-refractivity contribution in [1.82, 2.24) is 5.32 Å². The zero-order valence-electron chi connectivity index (χ0n) is 9.81. The number of hydrogen-bond acceptors (Lipinski definition) is 3. The van der Waals surface area contributed by atoms with Gasteiger partial charge in [-0.2, -0.15) is 0 Å². The summed E-state index contributed by atoms with van der Waals surface area (Å²) in [5.41, 5.74) is 0.414. The Morgan fingerprint density at radius 3 is 2.94 bits per heavy atom. The highest BCUT2D eigenvalue weighted by Crippen LogP contribution is 2.61. The number of carbonyl (C=O) groups is 1. The molecule has 0 aromatic heterocycles. The van der Waals surface area contributed by atoms with Crippen LogP contribution in [0.5, 0.6) is 0 Å². The molecule has 1 saturated heterocycles. The molecule has 1 heterocycles. The van der Waals surface area contributed by atoms with Crippen molar-refractivity contribution in [2.75, 3.05) is 6.44 Å². The fraction of sp³-hybridized carbons (Fsp3) is 0.909. The summed E-state index contributed by atoms with van der Waals surface area (Å²) < 4.78 is 11.7. The summed E-state index contributed by atoms with van der Waals surface area (Å²) >= 11 is 0. The van der Waals surface area contributed by atoms with Crippen molar-refractivity contribution in [3.63, 3.8) is 0 Å². The summed E-state index contributed by atoms with van der Waals surface area (Å²) in [7, 11) is -0.240. The fourth-order valence-corrected chi connectivity index (χ4v) is 3.65. The van der Waals surface area contributed by atoms with Crippen LogP contribution in [0.3, 0.4) is 0 Å². The number of amides is 1. The van der Waals surface area contributed by atoms with Crippen LogP contribution in [0.4, 0.5) is 0 Å². The molecule has 3 aliphatic carbocycles. The molecule has 4 rings (SSSR count). The third-order valence-electron chi connectivity index (χ3n) is 4.83. The second-order valence-electron chi connectivity index (χ2n) is 5.83. The summed E-state index contributed by atoms with van der Waals surface area (Å²) in [6.07, 6.45) is 4.07. The van der Waals surface area contributed by atoms with Crippen LogP contribution in [-0.4, -0.2) is 32.2 Å². The van der Waals surface area contributed by atoms with Crippen molar-refractivity contribution < 1.29 is 14.1 Å². The Morgan fingerprint density at radius 1 is 1.44 bits per heavy atom. The number of nitrogens with one attached hydrogen (secondary N) is 1. The quantitative estimate of drug-likeness (QED) is 0.563. The molecule has 1 N–H and O–H groups in total. The molecule has 0 aromatic rings. The molecule has 4 fully saturated rings. The second-order valence-corrected chi connectivity index (χ2v) is 5.83. The Labute approximate surface area is 96.2 Å². The van der Waals surface area contributed by atoms with Gasteiger partial charge in [0.2, 0.25) is 6.41 Å². The highest BCUT2D eigenvalue weighted by atomic mass is 16.7. The van der Waals surface area contributed by atoms with Crippen LogP contribution < -0.4 is 5.32 Å². The Bertz CT molecular complexity index is 310. The van der Waals surface area contributed by atoms with Crippen LogP contribution in [0.2, 0.25) is 0 Å². The topological polar surface area (TPSA) is 47.6 Å². The van der Waals surface area contributed by atoms with E-state index in [-0.39, 0.29) is 19.3 Å². The van der Waals surface area contributed by atoms with Gasteiger partial charge in [0.05, 0.1) is 18.7 Å². The largest absolute Gasteiger partial charge is 0.478 e. The van der Waals surface area contributed by atoms with E-state index in [1.54, 1.807) is 0 Å². The van der Waals surface area contributed by atoms with Crippen molar-refractivity contribution in [2.45, 2.75) is 38.9 Å². The minimum atomic E-state index is -0.240. The Hall–Kier alpha value is -0.545. The van der Waals surface area contributed by atoms with Crippen LogP contribution in [0, 0.1) is 17.3 Å². The number of hydrogen-bond donors (Lipinski definition) is 1. The van der Waals surface area contributed by atoms with Gasteiger partial charge >= 0.3 is 7.12 Å². The maximum atomic E-state index is 10.2. The Kier molecular flexibility index (Phi) is 2.30. The lowest BCUT2D eigenvalue weighted by molar-refractivity contribution is -0.150. The van der Waals surface area contributed by atoms with Crippen LogP contribution in [0.25, 0.3) is 0 Å². The van der Waals surface area contributed by atoms with Gasteiger partial charge in [0.15, 0.2) is 0 Å². The average molecular weight is 223 g/mol. The average Bonchev–Trinajstić information content (AvgIpc) is 2.67. The predicted molar refractivity (Wildman–Crippen MR) is 59.6 cm³/mol. The number of carbonyl (C=O) groups excluding carboxylic acids is 1. The third kappa shape index (κ3) is 1.34. The van der Waals surface area contributed by atoms with Crippen molar-refractivity contribution in [2.24, 2.45) is 17.3 Å². The summed E-state index contributed by atoms with van der Waals surface area (Å²) in [4.78, 5) is 10.2. The highest BCUT2D eigenvalue weighted by Gasteiger charge is 2.61. The van der Waals surface area contributed by atoms with Gasteiger partial charge in [-0.25, -0.2) is 0 Å². The van der Waals surface area contributed by atoms with Gasteiger partial charge in [-0.1, -0.05) is 13.8 Å². The minimum absolute atomic E-state index is 0.240. The smallest absolute Gasteiger partial charge is 0.405 e. The summed E-state index contributed by atoms with van der Waals surface area (Å²) in [5, 5.41) is 2.62. The molecule has 1 amide bonds. The van der Waals surface area contributed by atoms with E-state index in [2.05, 4.69) is 19.2 Å². The van der Waals surface area contributed by atoms with Gasteiger partial charge in [0.25, 0.3) is 0 Å². The molecule has 3 saturated carbocycles. The van der Waals surface area contributed by atoms with E-state index in [1.807, 2.05) is 0 Å². The molecule has 0 radical (unpaired) electrons. The van der Waals surface area contributed by atoms with Crippen LogP contribution in [0.1, 0.15) is 26.7 Å². The molecule has 4 nitrogen and oxygen atoms in total. The minimum Gasteiger partial charge on any atom is -0.405 e. The van der Waals surface area contributed by atoms with E-state index in [1.165, 1.54) is 6.42 Å². The third-order valence-corrected chi connectivity index (χ3v) is 4.83. The molecular weight excluding hydrogens is 205 g/mol. The maximum Gasteiger partial charge on any atom is 0.478 e. The van der Waals surface area contributed by atoms with Gasteiger partial charge in [-0.05, 0) is 30.1 Å². The normalized spacial score (nSPS) is 43.5. The summed E-state index contributed by atoms with van der Waals surface area (Å²) in [6.45, 7) is 4.67. The van der Waals surface area contributed by atoms with Gasteiger partial charge in [-0.3, -0.25) is 4.79 Å². The molecule has 2 bridgehead atoms. The zero-order chi connectivity index (χ0) is 11.3. The Balaban J connectivity index is 1.66. The molecular formula is C11H18BNO3. The molecule has 0 aromatic carbocycles. The van der Waals surface area contributed by atoms with Gasteiger partial charge < -0.3 is 14.6 Å². The van der Waals surface area contributed by atoms with Crippen molar-refractivity contribution in [3.8, 4) is 0 Å². The van der Waals surface area contributed by atoms with Gasteiger partial charge in [0.1, 0.15) is 0 Å². The van der Waals surface area contributed by atoms with Gasteiger partial charge in [0, 0.05) is 0 Å². The molecule has 4 unspecified atom stereocenters. The molecule has 16 heavy (non-hydrogen) atoms. The summed E-state index contributed by atoms with van der Waals surface area (Å²) in [5.74, 6) is 1.43. The highest BCUT2D eigenvalue weighted by molar-refractivity contribution is 6.45. The van der Waals surface area contributed by atoms with Gasteiger partial charge in [-0.15, -0.1) is 0 Å². The van der Waals surface area contributed by atoms with E-state index in [4.69, 9.17) is 9.31 Å². The molecule has 88 valence electrons. The number of rotatable bonds is 3. The standard InChI is InChI=1S/C11H18BNO3/c1-11(2)7-3-8(11)10-9(4-7)15-12(16-10)5-13-6-14/h6-10H,3-5H2,1-2H3,(H,13,14). The molecule has 5 heteroatoms. The first-order valence-electron chi connectivity index (χ1n) is 6.11. The van der Waals surface area contributed by atoms with Crippen LogP contribution in [-0.2, 0) is 14.1 Å². The maximum absolute atomic E-state index is 10.2. The molecule has 4 aliphatic rings. The monoisotopic (exact) mass is 223 g/mol. The van der Waals surface area contributed by atoms with E-state index in [0.717, 1.165) is 12.3 Å². The molecule has 1 aliphatic heterocycles. The lowest BCUT2D eigenvalue weighted by atomic mass is 9.47. The summed E-state index contributed by atoms with van der Waals surface area (Å²) in [6, 6.07) is 0. The lowest BCUT2D eigenvalue weighted by Crippen LogP contribution is -2.59. The van der Waals surface area contributed by atoms with E-state index >= 15 is 0 Å². The first kappa shape index (κ1) is 10.6. The van der Waals surface area contributed by atoms with Crippen LogP contribution >= 0.6 is 0 Å². The SMILES string of the molecule is CC1(C)C2CC3OB(CNC=O)OC3C1C2. The first-order chi connectivity index (χ1) is 7.63.